The largest absolute Gasteiger partial charge is 0.495 e. The lowest BCUT2D eigenvalue weighted by Gasteiger charge is -2.31. The summed E-state index contributed by atoms with van der Waals surface area (Å²) in [4.78, 5) is 37.3. The maximum Gasteiger partial charge on any atom is 0.271 e. The molecule has 1 N–H and O–H groups in total. The van der Waals surface area contributed by atoms with Crippen LogP contribution in [0.25, 0.3) is 0 Å². The number of carbonyl (C=O) groups excluding carboxylic acids is 2. The van der Waals surface area contributed by atoms with E-state index in [2.05, 4.69) is 5.32 Å². The molecule has 0 unspecified atom stereocenters. The number of halogens is 1. The van der Waals surface area contributed by atoms with E-state index in [-0.39, 0.29) is 18.0 Å². The van der Waals surface area contributed by atoms with Gasteiger partial charge in [-0.25, -0.2) is 12.8 Å². The van der Waals surface area contributed by atoms with Gasteiger partial charge >= 0.3 is 0 Å². The van der Waals surface area contributed by atoms with Crippen molar-refractivity contribution in [1.82, 2.24) is 10.2 Å². The van der Waals surface area contributed by atoms with Gasteiger partial charge in [0.25, 0.3) is 5.69 Å². The van der Waals surface area contributed by atoms with Gasteiger partial charge in [-0.15, -0.1) is 0 Å². The topological polar surface area (TPSA) is 139 Å². The molecule has 2 rings (SSSR count). The molecule has 2 aromatic carbocycles. The third-order valence-corrected chi connectivity index (χ3v) is 6.13. The molecule has 184 valence electrons. The smallest absolute Gasteiger partial charge is 0.271 e. The number of methoxy groups -OCH3 is 1. The van der Waals surface area contributed by atoms with Crippen molar-refractivity contribution in [2.45, 2.75) is 19.5 Å². The van der Waals surface area contributed by atoms with Crippen molar-refractivity contribution in [1.29, 1.82) is 0 Å². The maximum atomic E-state index is 13.3. The highest BCUT2D eigenvalue weighted by molar-refractivity contribution is 7.92. The van der Waals surface area contributed by atoms with Crippen LogP contribution in [0.15, 0.2) is 42.5 Å². The third kappa shape index (κ3) is 6.41. The highest BCUT2D eigenvalue weighted by atomic mass is 32.2. The fourth-order valence-electron chi connectivity index (χ4n) is 3.16. The van der Waals surface area contributed by atoms with E-state index in [1.165, 1.54) is 51.4 Å². The lowest BCUT2D eigenvalue weighted by Crippen LogP contribution is -2.50. The summed E-state index contributed by atoms with van der Waals surface area (Å²) in [5.41, 5.74) is -0.106. The third-order valence-electron chi connectivity index (χ3n) is 5.00. The fraction of sp³-hybridized carbons (Fsp3) is 0.333. The zero-order valence-corrected chi connectivity index (χ0v) is 19.8. The summed E-state index contributed by atoms with van der Waals surface area (Å²) >= 11 is 0. The summed E-state index contributed by atoms with van der Waals surface area (Å²) in [6.07, 6.45) is 0.838. The Morgan fingerprint density at radius 1 is 1.21 bits per heavy atom. The van der Waals surface area contributed by atoms with Crippen molar-refractivity contribution < 1.29 is 32.1 Å². The van der Waals surface area contributed by atoms with Crippen molar-refractivity contribution in [2.24, 2.45) is 0 Å². The summed E-state index contributed by atoms with van der Waals surface area (Å²) in [6, 6.07) is 7.60. The summed E-state index contributed by atoms with van der Waals surface area (Å²) in [5.74, 6) is -1.76. The number of amides is 2. The second kappa shape index (κ2) is 10.9. The molecule has 0 fully saturated rings. The van der Waals surface area contributed by atoms with Crippen molar-refractivity contribution in [3.63, 3.8) is 0 Å². The van der Waals surface area contributed by atoms with Gasteiger partial charge in [0.1, 0.15) is 29.8 Å². The van der Waals surface area contributed by atoms with E-state index < -0.39 is 50.9 Å². The van der Waals surface area contributed by atoms with Crippen LogP contribution in [0.1, 0.15) is 12.5 Å². The number of nitro benzene ring substituents is 1. The normalized spacial score (nSPS) is 11.9. The first-order valence-corrected chi connectivity index (χ1v) is 11.8. The Morgan fingerprint density at radius 2 is 1.82 bits per heavy atom. The minimum absolute atomic E-state index is 0.00624. The number of benzene rings is 2. The fourth-order valence-corrected chi connectivity index (χ4v) is 4.00. The van der Waals surface area contributed by atoms with Gasteiger partial charge in [-0.05, 0) is 30.7 Å². The Labute approximate surface area is 196 Å². The van der Waals surface area contributed by atoms with E-state index in [0.29, 0.717) is 9.87 Å². The Kier molecular flexibility index (Phi) is 8.51. The van der Waals surface area contributed by atoms with Gasteiger partial charge in [0.05, 0.1) is 18.3 Å². The lowest BCUT2D eigenvalue weighted by molar-refractivity contribution is -0.384. The van der Waals surface area contributed by atoms with Crippen LogP contribution in [0.2, 0.25) is 0 Å². The first kappa shape index (κ1) is 26.5. The number of hydrogen-bond acceptors (Lipinski definition) is 7. The van der Waals surface area contributed by atoms with Gasteiger partial charge in [-0.3, -0.25) is 24.0 Å². The number of hydrogen-bond donors (Lipinski definition) is 1. The van der Waals surface area contributed by atoms with Crippen LogP contribution in [-0.4, -0.2) is 63.1 Å². The molecule has 1 atom stereocenters. The molecule has 0 spiro atoms. The molecular weight excluding hydrogens is 471 g/mol. The number of likely N-dealkylation sites (N-methyl/N-ethyl adjacent to an activating group) is 1. The van der Waals surface area contributed by atoms with E-state index in [4.69, 9.17) is 4.74 Å². The number of sulfonamides is 1. The molecule has 0 bridgehead atoms. The molecule has 34 heavy (non-hydrogen) atoms. The zero-order chi connectivity index (χ0) is 25.6. The average Bonchev–Trinajstić information content (AvgIpc) is 2.79. The summed E-state index contributed by atoms with van der Waals surface area (Å²) in [7, 11) is -1.48. The predicted octanol–water partition coefficient (Wildman–Crippen LogP) is 1.67. The lowest BCUT2D eigenvalue weighted by atomic mass is 10.1. The van der Waals surface area contributed by atoms with Crippen LogP contribution in [0.3, 0.4) is 0 Å². The Balaban J connectivity index is 2.50. The summed E-state index contributed by atoms with van der Waals surface area (Å²) in [5, 5.41) is 13.7. The van der Waals surface area contributed by atoms with Crippen LogP contribution in [-0.2, 0) is 26.2 Å². The molecule has 0 saturated carbocycles. The number of nitrogens with one attached hydrogen (secondary N) is 1. The maximum absolute atomic E-state index is 13.3. The summed E-state index contributed by atoms with van der Waals surface area (Å²) in [6.45, 7) is 0.579. The van der Waals surface area contributed by atoms with Crippen LogP contribution in [0.5, 0.6) is 5.75 Å². The Morgan fingerprint density at radius 3 is 2.32 bits per heavy atom. The quantitative estimate of drug-likeness (QED) is 0.390. The number of anilines is 1. The standard InChI is InChI=1S/C21H25FN4O7S/c1-14(21(28)23-2)24(12-15-5-7-16(22)8-6-15)20(27)13-25(34(4,31)32)18-11-17(26(29)30)9-10-19(18)33-3/h5-11,14H,12-13H2,1-4H3,(H,23,28)/t14-/m1/s1. The molecule has 11 nitrogen and oxygen atoms in total. The number of rotatable bonds is 10. The van der Waals surface area contributed by atoms with Gasteiger partial charge in [0.15, 0.2) is 0 Å². The van der Waals surface area contributed by atoms with Crippen LogP contribution < -0.4 is 14.4 Å². The zero-order valence-electron chi connectivity index (χ0n) is 19.0. The molecule has 0 radical (unpaired) electrons. The Bertz CT molecular complexity index is 1170. The van der Waals surface area contributed by atoms with Crippen LogP contribution in [0, 0.1) is 15.9 Å². The second-order valence-electron chi connectivity index (χ2n) is 7.32. The van der Waals surface area contributed by atoms with Gasteiger partial charge in [-0.2, -0.15) is 0 Å². The molecule has 0 aliphatic rings. The van der Waals surface area contributed by atoms with Crippen molar-refractivity contribution in [2.75, 3.05) is 31.3 Å². The van der Waals surface area contributed by atoms with E-state index in [1.807, 2.05) is 0 Å². The SMILES string of the molecule is CNC(=O)[C@@H](C)N(Cc1ccc(F)cc1)C(=O)CN(c1cc([N+](=O)[O-])ccc1OC)S(C)(=O)=O. The van der Waals surface area contributed by atoms with E-state index >= 15 is 0 Å². The number of carbonyl (C=O) groups is 2. The number of nitro groups is 1. The van der Waals surface area contributed by atoms with E-state index in [0.717, 1.165) is 23.3 Å². The molecule has 13 heteroatoms. The van der Waals surface area contributed by atoms with Crippen LogP contribution in [0.4, 0.5) is 15.8 Å². The van der Waals surface area contributed by atoms with Crippen molar-refractivity contribution in [3.8, 4) is 5.75 Å². The van der Waals surface area contributed by atoms with E-state index in [9.17, 15) is 32.5 Å². The summed E-state index contributed by atoms with van der Waals surface area (Å²) < 4.78 is 44.3. The van der Waals surface area contributed by atoms with Crippen LogP contribution >= 0.6 is 0 Å². The van der Waals surface area contributed by atoms with Gasteiger partial charge in [-0.1, -0.05) is 12.1 Å². The number of ether oxygens (including phenoxy) is 1. The second-order valence-corrected chi connectivity index (χ2v) is 9.23. The molecule has 2 amide bonds. The average molecular weight is 497 g/mol. The first-order valence-electron chi connectivity index (χ1n) is 9.94. The predicted molar refractivity (Wildman–Crippen MR) is 122 cm³/mol. The molecule has 0 heterocycles. The van der Waals surface area contributed by atoms with E-state index in [1.54, 1.807) is 0 Å². The first-order chi connectivity index (χ1) is 15.9. The van der Waals surface area contributed by atoms with Gasteiger partial charge in [0, 0.05) is 25.7 Å². The van der Waals surface area contributed by atoms with Gasteiger partial charge < -0.3 is 15.0 Å². The highest BCUT2D eigenvalue weighted by Crippen LogP contribution is 2.33. The Hall–Kier alpha value is -3.74. The monoisotopic (exact) mass is 496 g/mol. The van der Waals surface area contributed by atoms with Crippen molar-refractivity contribution >= 4 is 33.2 Å². The minimum atomic E-state index is -4.12. The number of nitrogens with zero attached hydrogens (tertiary/aromatic N) is 3. The minimum Gasteiger partial charge on any atom is -0.495 e. The molecule has 0 aliphatic heterocycles. The number of non-ortho nitro benzene ring substituents is 1. The highest BCUT2D eigenvalue weighted by Gasteiger charge is 2.31. The molecule has 0 aromatic heterocycles. The molecule has 2 aromatic rings. The molecular formula is C21H25FN4O7S. The molecule has 0 aliphatic carbocycles. The molecule has 0 saturated heterocycles. The van der Waals surface area contributed by atoms with Gasteiger partial charge in [0.2, 0.25) is 21.8 Å². The van der Waals surface area contributed by atoms with Crippen molar-refractivity contribution in [3.05, 3.63) is 64.0 Å².